The van der Waals surface area contributed by atoms with Gasteiger partial charge in [0.15, 0.2) is 0 Å². The molecule has 0 spiro atoms. The smallest absolute Gasteiger partial charge is 0.134 e. The average Bonchev–Trinajstić information content (AvgIpc) is 2.34. The molecule has 0 unspecified atom stereocenters. The standard InChI is InChI=1S/C12H16BrNO3/c1-16-8-2-3-11(9(13)6-8)17-12-4-5-14-7-10(12)15/h2-3,6,10,12,14-15H,4-5,7H2,1H3/t10-,12-/m0/s1. The normalized spacial score (nSPS) is 24.4. The average molecular weight is 302 g/mol. The number of halogens is 1. The van der Waals surface area contributed by atoms with Crippen molar-refractivity contribution in [2.75, 3.05) is 20.2 Å². The number of hydrogen-bond acceptors (Lipinski definition) is 4. The van der Waals surface area contributed by atoms with Gasteiger partial charge in [0.1, 0.15) is 23.7 Å². The highest BCUT2D eigenvalue weighted by atomic mass is 79.9. The van der Waals surface area contributed by atoms with E-state index in [0.29, 0.717) is 6.54 Å². The fourth-order valence-electron chi connectivity index (χ4n) is 1.82. The summed E-state index contributed by atoms with van der Waals surface area (Å²) in [5, 5.41) is 12.9. The van der Waals surface area contributed by atoms with Gasteiger partial charge in [-0.05, 0) is 47.1 Å². The second-order valence-electron chi connectivity index (χ2n) is 4.01. The van der Waals surface area contributed by atoms with Gasteiger partial charge in [0, 0.05) is 6.54 Å². The molecule has 0 aliphatic carbocycles. The highest BCUT2D eigenvalue weighted by Crippen LogP contribution is 2.30. The summed E-state index contributed by atoms with van der Waals surface area (Å²) in [6.07, 6.45) is 0.193. The van der Waals surface area contributed by atoms with Gasteiger partial charge in [0.25, 0.3) is 0 Å². The number of β-amino-alcohol motifs (C(OH)–C–C–N with tert-alkyl or cyclic N) is 1. The first kappa shape index (κ1) is 12.7. The molecule has 0 radical (unpaired) electrons. The van der Waals surface area contributed by atoms with Gasteiger partial charge in [-0.15, -0.1) is 0 Å². The van der Waals surface area contributed by atoms with Crippen LogP contribution in [0.4, 0.5) is 0 Å². The lowest BCUT2D eigenvalue weighted by molar-refractivity contribution is 0.0158. The minimum atomic E-state index is -0.460. The van der Waals surface area contributed by atoms with E-state index in [-0.39, 0.29) is 6.10 Å². The predicted molar refractivity (Wildman–Crippen MR) is 68.6 cm³/mol. The molecule has 5 heteroatoms. The summed E-state index contributed by atoms with van der Waals surface area (Å²) in [6, 6.07) is 5.54. The van der Waals surface area contributed by atoms with Crippen molar-refractivity contribution in [3.8, 4) is 11.5 Å². The largest absolute Gasteiger partial charge is 0.497 e. The molecule has 1 aliphatic rings. The van der Waals surface area contributed by atoms with Gasteiger partial charge >= 0.3 is 0 Å². The maximum Gasteiger partial charge on any atom is 0.134 e. The molecule has 4 nitrogen and oxygen atoms in total. The molecule has 1 aromatic carbocycles. The van der Waals surface area contributed by atoms with Crippen molar-refractivity contribution in [3.05, 3.63) is 22.7 Å². The van der Waals surface area contributed by atoms with Crippen LogP contribution >= 0.6 is 15.9 Å². The Labute approximate surface area is 109 Å². The fourth-order valence-corrected chi connectivity index (χ4v) is 2.27. The molecular weight excluding hydrogens is 286 g/mol. The monoisotopic (exact) mass is 301 g/mol. The van der Waals surface area contributed by atoms with E-state index in [0.717, 1.165) is 28.9 Å². The molecule has 2 N–H and O–H groups in total. The molecule has 0 saturated carbocycles. The van der Waals surface area contributed by atoms with Crippen molar-refractivity contribution in [1.29, 1.82) is 0 Å². The van der Waals surface area contributed by atoms with Crippen molar-refractivity contribution >= 4 is 15.9 Å². The van der Waals surface area contributed by atoms with E-state index in [9.17, 15) is 5.11 Å². The summed E-state index contributed by atoms with van der Waals surface area (Å²) < 4.78 is 11.8. The van der Waals surface area contributed by atoms with Crippen LogP contribution in [0.25, 0.3) is 0 Å². The summed E-state index contributed by atoms with van der Waals surface area (Å²) in [4.78, 5) is 0. The van der Waals surface area contributed by atoms with E-state index in [1.807, 2.05) is 18.2 Å². The molecule has 1 aliphatic heterocycles. The number of aliphatic hydroxyl groups is 1. The minimum Gasteiger partial charge on any atom is -0.497 e. The zero-order valence-corrected chi connectivity index (χ0v) is 11.2. The Morgan fingerprint density at radius 2 is 2.29 bits per heavy atom. The molecule has 0 amide bonds. The van der Waals surface area contributed by atoms with Crippen LogP contribution in [0.5, 0.6) is 11.5 Å². The summed E-state index contributed by atoms with van der Waals surface area (Å²) >= 11 is 3.43. The third kappa shape index (κ3) is 3.12. The first-order valence-electron chi connectivity index (χ1n) is 5.59. The van der Waals surface area contributed by atoms with Crippen LogP contribution < -0.4 is 14.8 Å². The van der Waals surface area contributed by atoms with E-state index in [2.05, 4.69) is 21.2 Å². The second kappa shape index (κ2) is 5.71. The quantitative estimate of drug-likeness (QED) is 0.890. The van der Waals surface area contributed by atoms with Gasteiger partial charge in [-0.3, -0.25) is 0 Å². The molecule has 17 heavy (non-hydrogen) atoms. The molecule has 1 fully saturated rings. The number of nitrogens with one attached hydrogen (secondary N) is 1. The number of rotatable bonds is 3. The summed E-state index contributed by atoms with van der Waals surface area (Å²) in [7, 11) is 1.62. The van der Waals surface area contributed by atoms with Gasteiger partial charge in [0.2, 0.25) is 0 Å². The van der Waals surface area contributed by atoms with E-state index < -0.39 is 6.10 Å². The Balaban J connectivity index is 2.07. The number of ether oxygens (including phenoxy) is 2. The van der Waals surface area contributed by atoms with E-state index >= 15 is 0 Å². The van der Waals surface area contributed by atoms with Gasteiger partial charge in [-0.1, -0.05) is 0 Å². The zero-order chi connectivity index (χ0) is 12.3. The summed E-state index contributed by atoms with van der Waals surface area (Å²) in [6.45, 7) is 1.45. The van der Waals surface area contributed by atoms with Crippen molar-refractivity contribution in [1.82, 2.24) is 5.32 Å². The highest BCUT2D eigenvalue weighted by Gasteiger charge is 2.25. The Morgan fingerprint density at radius 1 is 1.47 bits per heavy atom. The number of methoxy groups -OCH3 is 1. The Hall–Kier alpha value is -0.780. The van der Waals surface area contributed by atoms with Crippen molar-refractivity contribution in [2.24, 2.45) is 0 Å². The van der Waals surface area contributed by atoms with E-state index in [4.69, 9.17) is 9.47 Å². The molecular formula is C12H16BrNO3. The van der Waals surface area contributed by atoms with Crippen molar-refractivity contribution < 1.29 is 14.6 Å². The molecule has 2 rings (SSSR count). The van der Waals surface area contributed by atoms with Crippen LogP contribution in [0, 0.1) is 0 Å². The molecule has 0 aromatic heterocycles. The Kier molecular flexibility index (Phi) is 4.25. The highest BCUT2D eigenvalue weighted by molar-refractivity contribution is 9.10. The molecule has 94 valence electrons. The maximum absolute atomic E-state index is 9.79. The lowest BCUT2D eigenvalue weighted by atomic mass is 10.1. The van der Waals surface area contributed by atoms with Crippen LogP contribution in [0.1, 0.15) is 6.42 Å². The zero-order valence-electron chi connectivity index (χ0n) is 9.65. The van der Waals surface area contributed by atoms with E-state index in [1.54, 1.807) is 7.11 Å². The molecule has 1 saturated heterocycles. The fraction of sp³-hybridized carbons (Fsp3) is 0.500. The number of hydrogen-bond donors (Lipinski definition) is 2. The van der Waals surface area contributed by atoms with Crippen LogP contribution in [-0.2, 0) is 0 Å². The maximum atomic E-state index is 9.79. The first-order chi connectivity index (χ1) is 8.20. The van der Waals surface area contributed by atoms with E-state index in [1.165, 1.54) is 0 Å². The Morgan fingerprint density at radius 3 is 2.94 bits per heavy atom. The molecule has 2 atom stereocenters. The van der Waals surface area contributed by atoms with Gasteiger partial charge in [0.05, 0.1) is 11.6 Å². The van der Waals surface area contributed by atoms with Crippen LogP contribution in [-0.4, -0.2) is 37.5 Å². The van der Waals surface area contributed by atoms with Gasteiger partial charge < -0.3 is 19.9 Å². The van der Waals surface area contributed by atoms with Gasteiger partial charge in [-0.25, -0.2) is 0 Å². The topological polar surface area (TPSA) is 50.7 Å². The third-order valence-electron chi connectivity index (χ3n) is 2.81. The summed E-state index contributed by atoms with van der Waals surface area (Å²) in [5.74, 6) is 1.51. The second-order valence-corrected chi connectivity index (χ2v) is 4.87. The molecule has 1 heterocycles. The predicted octanol–water partition coefficient (Wildman–Crippen LogP) is 1.56. The minimum absolute atomic E-state index is 0.152. The number of piperidine rings is 1. The van der Waals surface area contributed by atoms with Crippen molar-refractivity contribution in [2.45, 2.75) is 18.6 Å². The number of benzene rings is 1. The third-order valence-corrected chi connectivity index (χ3v) is 3.43. The summed E-state index contributed by atoms with van der Waals surface area (Å²) in [5.41, 5.74) is 0. The van der Waals surface area contributed by atoms with Crippen molar-refractivity contribution in [3.63, 3.8) is 0 Å². The van der Waals surface area contributed by atoms with Crippen LogP contribution in [0.15, 0.2) is 22.7 Å². The lowest BCUT2D eigenvalue weighted by Gasteiger charge is -2.29. The first-order valence-corrected chi connectivity index (χ1v) is 6.39. The lowest BCUT2D eigenvalue weighted by Crippen LogP contribution is -2.46. The van der Waals surface area contributed by atoms with Crippen LogP contribution in [0.2, 0.25) is 0 Å². The molecule has 1 aromatic rings. The Bertz CT molecular complexity index is 386. The molecule has 0 bridgehead atoms. The SMILES string of the molecule is COc1ccc(O[C@H]2CCNC[C@@H]2O)c(Br)c1. The number of aliphatic hydroxyl groups excluding tert-OH is 1. The van der Waals surface area contributed by atoms with Gasteiger partial charge in [-0.2, -0.15) is 0 Å². The van der Waals surface area contributed by atoms with Crippen LogP contribution in [0.3, 0.4) is 0 Å².